The van der Waals surface area contributed by atoms with E-state index in [1.807, 2.05) is 11.8 Å². The number of halogens is 3. The molecule has 1 aliphatic rings. The maximum Gasteiger partial charge on any atom is 0.250 e. The molecule has 0 bridgehead atoms. The number of rotatable bonds is 7. The number of benzene rings is 3. The summed E-state index contributed by atoms with van der Waals surface area (Å²) in [7, 11) is -3.74. The summed E-state index contributed by atoms with van der Waals surface area (Å²) in [6, 6.07) is 13.9. The summed E-state index contributed by atoms with van der Waals surface area (Å²) >= 11 is 13.3. The quantitative estimate of drug-likeness (QED) is 0.362. The van der Waals surface area contributed by atoms with Crippen LogP contribution in [-0.4, -0.2) is 42.7 Å². The van der Waals surface area contributed by atoms with Gasteiger partial charge in [-0.25, -0.2) is 12.8 Å². The van der Waals surface area contributed by atoms with Crippen molar-refractivity contribution < 1.29 is 22.7 Å². The number of nitrogens with two attached hydrogens (primary N) is 1. The highest BCUT2D eigenvalue weighted by atomic mass is 35.5. The van der Waals surface area contributed by atoms with Crippen molar-refractivity contribution in [1.82, 2.24) is 4.90 Å². The number of sulfone groups is 1. The number of primary amides is 1. The summed E-state index contributed by atoms with van der Waals surface area (Å²) < 4.78 is 39.8. The lowest BCUT2D eigenvalue weighted by molar-refractivity contribution is 0.0786. The van der Waals surface area contributed by atoms with Gasteiger partial charge in [-0.15, -0.1) is 0 Å². The Kier molecular flexibility index (Phi) is 7.75. The molecule has 0 spiro atoms. The van der Waals surface area contributed by atoms with Crippen molar-refractivity contribution in [3.05, 3.63) is 93.5 Å². The summed E-state index contributed by atoms with van der Waals surface area (Å²) in [5.41, 5.74) is 6.40. The van der Waals surface area contributed by atoms with Gasteiger partial charge in [0, 0.05) is 24.6 Å². The molecule has 1 unspecified atom stereocenters. The summed E-state index contributed by atoms with van der Waals surface area (Å²) in [6.45, 7) is 5.62. The molecule has 39 heavy (non-hydrogen) atoms. The first-order valence-electron chi connectivity index (χ1n) is 12.0. The largest absolute Gasteiger partial charge is 0.384 e. The Morgan fingerprint density at radius 1 is 1.08 bits per heavy atom. The van der Waals surface area contributed by atoms with Crippen molar-refractivity contribution in [3.8, 4) is 11.1 Å². The second-order valence-corrected chi connectivity index (χ2v) is 12.6. The average molecular weight is 593 g/mol. The molecule has 0 aromatic heterocycles. The van der Waals surface area contributed by atoms with Crippen LogP contribution >= 0.6 is 23.2 Å². The summed E-state index contributed by atoms with van der Waals surface area (Å²) in [6.07, 6.45) is 1.99. The van der Waals surface area contributed by atoms with Crippen LogP contribution < -0.4 is 10.6 Å². The number of amides is 1. The Labute approximate surface area is 237 Å². The molecule has 206 valence electrons. The van der Waals surface area contributed by atoms with Crippen molar-refractivity contribution in [2.24, 2.45) is 5.73 Å². The third kappa shape index (κ3) is 5.49. The zero-order chi connectivity index (χ0) is 28.9. The van der Waals surface area contributed by atoms with E-state index in [1.165, 1.54) is 24.3 Å². The van der Waals surface area contributed by atoms with Gasteiger partial charge in [0.25, 0.3) is 0 Å². The Hall–Kier alpha value is -3.11. The van der Waals surface area contributed by atoms with Crippen molar-refractivity contribution in [2.75, 3.05) is 17.7 Å². The zero-order valence-electron chi connectivity index (χ0n) is 21.7. The smallest absolute Gasteiger partial charge is 0.250 e. The first kappa shape index (κ1) is 28.9. The van der Waals surface area contributed by atoms with Crippen LogP contribution in [0.4, 0.5) is 10.1 Å². The minimum absolute atomic E-state index is 0.102. The summed E-state index contributed by atoms with van der Waals surface area (Å²) in [5, 5.41) is 11.4. The van der Waals surface area contributed by atoms with E-state index >= 15 is 4.39 Å². The lowest BCUT2D eigenvalue weighted by Gasteiger charge is -2.37. The van der Waals surface area contributed by atoms with Gasteiger partial charge >= 0.3 is 0 Å². The predicted octanol–water partition coefficient (Wildman–Crippen LogP) is 5.75. The minimum atomic E-state index is -3.74. The third-order valence-corrected chi connectivity index (χ3v) is 8.33. The highest BCUT2D eigenvalue weighted by Crippen LogP contribution is 2.46. The van der Waals surface area contributed by atoms with Gasteiger partial charge in [-0.2, -0.15) is 0 Å². The van der Waals surface area contributed by atoms with Gasteiger partial charge in [-0.05, 0) is 68.3 Å². The molecule has 3 aromatic rings. The molecule has 11 heteroatoms. The summed E-state index contributed by atoms with van der Waals surface area (Å²) in [4.78, 5) is 15.2. The molecule has 3 N–H and O–H groups in total. The van der Waals surface area contributed by atoms with Crippen molar-refractivity contribution in [1.29, 1.82) is 0 Å². The number of carbonyl (C=O) groups excluding carboxylic acids is 1. The second kappa shape index (κ2) is 10.5. The molecule has 0 saturated carbocycles. The second-order valence-electron chi connectivity index (χ2n) is 9.79. The number of likely N-dealkylation sites (N-methyl/N-ethyl adjacent to an activating group) is 1. The predicted molar refractivity (Wildman–Crippen MR) is 152 cm³/mol. The molecule has 1 amide bonds. The third-order valence-electron chi connectivity index (χ3n) is 6.56. The number of hydrogen-bond donors (Lipinski definition) is 2. The topological polar surface area (TPSA) is 104 Å². The molecule has 0 radical (unpaired) electrons. The minimum Gasteiger partial charge on any atom is -0.384 e. The van der Waals surface area contributed by atoms with Gasteiger partial charge in [0.2, 0.25) is 5.91 Å². The fourth-order valence-electron chi connectivity index (χ4n) is 4.77. The monoisotopic (exact) mass is 591 g/mol. The first-order chi connectivity index (χ1) is 18.1. The highest BCUT2D eigenvalue weighted by molar-refractivity contribution is 7.90. The van der Waals surface area contributed by atoms with Gasteiger partial charge in [-0.1, -0.05) is 41.4 Å². The number of carbonyl (C=O) groups is 1. The first-order valence-corrected chi connectivity index (χ1v) is 14.7. The van der Waals surface area contributed by atoms with Gasteiger partial charge in [0.1, 0.15) is 17.6 Å². The molecule has 3 aromatic carbocycles. The Bertz CT molecular complexity index is 1580. The van der Waals surface area contributed by atoms with Crippen LogP contribution in [0.2, 0.25) is 10.0 Å². The van der Waals surface area contributed by atoms with Crippen LogP contribution in [0.5, 0.6) is 0 Å². The van der Waals surface area contributed by atoms with Crippen LogP contribution in [0, 0.1) is 5.82 Å². The Morgan fingerprint density at radius 2 is 1.72 bits per heavy atom. The average Bonchev–Trinajstić information content (AvgIpc) is 3.22. The van der Waals surface area contributed by atoms with Crippen molar-refractivity contribution >= 4 is 44.6 Å². The van der Waals surface area contributed by atoms with E-state index in [4.69, 9.17) is 28.9 Å². The maximum absolute atomic E-state index is 15.2. The molecule has 1 heterocycles. The number of aliphatic hydroxyl groups is 1. The normalized spacial score (nSPS) is 16.0. The molecule has 7 nitrogen and oxygen atoms in total. The number of anilines is 1. The molecule has 0 fully saturated rings. The Morgan fingerprint density at radius 3 is 2.26 bits per heavy atom. The number of nitrogens with zero attached hydrogens (tertiary/aromatic N) is 2. The number of hydrogen-bond acceptors (Lipinski definition) is 6. The standard InChI is InChI=1S/C28H28Cl2FN3O4S/c1-5-33-24(28(2,3)36)15-34(27(33)25-19(29)7-6-8-21(25)31)22-12-10-16(13-20(22)30)17-9-11-18(26(32)35)23(14-17)39(4,37)38/h6-15,27,36H,5H2,1-4H3,(H2,32,35). The molecule has 4 rings (SSSR count). The van der Waals surface area contributed by atoms with Gasteiger partial charge < -0.3 is 20.6 Å². The van der Waals surface area contributed by atoms with Crippen LogP contribution in [-0.2, 0) is 9.84 Å². The van der Waals surface area contributed by atoms with E-state index in [2.05, 4.69) is 0 Å². The van der Waals surface area contributed by atoms with Crippen LogP contribution in [0.3, 0.4) is 0 Å². The highest BCUT2D eigenvalue weighted by Gasteiger charge is 2.41. The van der Waals surface area contributed by atoms with Gasteiger partial charge in [0.15, 0.2) is 9.84 Å². The van der Waals surface area contributed by atoms with E-state index in [-0.39, 0.29) is 26.1 Å². The summed E-state index contributed by atoms with van der Waals surface area (Å²) in [5.74, 6) is -1.35. The van der Waals surface area contributed by atoms with Crippen LogP contribution in [0.15, 0.2) is 71.4 Å². The zero-order valence-corrected chi connectivity index (χ0v) is 24.1. The van der Waals surface area contributed by atoms with E-state index in [0.29, 0.717) is 29.1 Å². The van der Waals surface area contributed by atoms with E-state index in [9.17, 15) is 18.3 Å². The molecule has 0 saturated heterocycles. The fourth-order valence-corrected chi connectivity index (χ4v) is 6.22. The lowest BCUT2D eigenvalue weighted by atomic mass is 10.0. The van der Waals surface area contributed by atoms with Crippen molar-refractivity contribution in [3.63, 3.8) is 0 Å². The maximum atomic E-state index is 15.2. The van der Waals surface area contributed by atoms with Gasteiger partial charge in [-0.3, -0.25) is 4.79 Å². The van der Waals surface area contributed by atoms with Gasteiger partial charge in [0.05, 0.1) is 31.9 Å². The molecule has 0 aliphatic carbocycles. The van der Waals surface area contributed by atoms with Crippen LogP contribution in [0.25, 0.3) is 11.1 Å². The molecule has 1 atom stereocenters. The van der Waals surface area contributed by atoms with Crippen molar-refractivity contribution in [2.45, 2.75) is 37.4 Å². The van der Waals surface area contributed by atoms with Crippen LogP contribution in [0.1, 0.15) is 42.9 Å². The lowest BCUT2D eigenvalue weighted by Crippen LogP contribution is -2.38. The molecular formula is C28H28Cl2FN3O4S. The molecular weight excluding hydrogens is 564 g/mol. The Balaban J connectivity index is 1.86. The van der Waals surface area contributed by atoms with E-state index < -0.39 is 33.3 Å². The fraction of sp³-hybridized carbons (Fsp3) is 0.250. The van der Waals surface area contributed by atoms with E-state index in [1.54, 1.807) is 55.3 Å². The SMILES string of the molecule is CCN1C(C(C)(C)O)=CN(c2ccc(-c3ccc(C(N)=O)c(S(C)(=O)=O)c3)cc2Cl)C1c1c(F)cccc1Cl. The van der Waals surface area contributed by atoms with E-state index in [0.717, 1.165) is 6.26 Å². The molecule has 1 aliphatic heterocycles.